The smallest absolute Gasteiger partial charge is 0.356 e. The van der Waals surface area contributed by atoms with Crippen LogP contribution in [0, 0.1) is 0 Å². The molecule has 3 aromatic rings. The summed E-state index contributed by atoms with van der Waals surface area (Å²) in [5.41, 5.74) is 0.238. The van der Waals surface area contributed by atoms with Gasteiger partial charge in [-0.05, 0) is 36.1 Å². The first-order valence-electron chi connectivity index (χ1n) is 10.2. The number of nitrogens with zero attached hydrogens (tertiary/aromatic N) is 3. The SMILES string of the molecule is CCCS(=O)(=O)NC1CCN(c2nc(C(F)(F)F)nc3ccc4ccccc4c23)CC1. The standard InChI is InChI=1S/C21H23F3N4O2S/c1-2-13-31(29,30)27-15-9-11-28(12-10-15)19-18-16-6-4-3-5-14(16)7-8-17(18)25-20(26-19)21(22,23)24/h3-8,15,27H,2,9-13H2,1H3. The normalized spacial score (nSPS) is 16.3. The van der Waals surface area contributed by atoms with Gasteiger partial charge in [-0.15, -0.1) is 0 Å². The molecule has 10 heteroatoms. The maximum Gasteiger partial charge on any atom is 0.451 e. The van der Waals surface area contributed by atoms with E-state index in [4.69, 9.17) is 0 Å². The van der Waals surface area contributed by atoms with Crippen LogP contribution in [0.5, 0.6) is 0 Å². The number of piperidine rings is 1. The fourth-order valence-electron chi connectivity index (χ4n) is 4.03. The van der Waals surface area contributed by atoms with E-state index in [1.54, 1.807) is 24.0 Å². The largest absolute Gasteiger partial charge is 0.451 e. The van der Waals surface area contributed by atoms with Gasteiger partial charge in [0.2, 0.25) is 15.8 Å². The van der Waals surface area contributed by atoms with Gasteiger partial charge in [0, 0.05) is 19.1 Å². The lowest BCUT2D eigenvalue weighted by Crippen LogP contribution is -2.45. The van der Waals surface area contributed by atoms with Crippen molar-refractivity contribution in [3.8, 4) is 0 Å². The van der Waals surface area contributed by atoms with Crippen LogP contribution in [0.2, 0.25) is 0 Å². The van der Waals surface area contributed by atoms with Gasteiger partial charge in [-0.2, -0.15) is 13.2 Å². The summed E-state index contributed by atoms with van der Waals surface area (Å²) in [5, 5.41) is 2.26. The summed E-state index contributed by atoms with van der Waals surface area (Å²) >= 11 is 0. The molecule has 1 N–H and O–H groups in total. The Kier molecular flexibility index (Phi) is 5.78. The first-order chi connectivity index (χ1) is 14.7. The first-order valence-corrected chi connectivity index (χ1v) is 11.8. The molecule has 31 heavy (non-hydrogen) atoms. The molecule has 0 aliphatic carbocycles. The molecule has 0 radical (unpaired) electrons. The predicted molar refractivity (Wildman–Crippen MR) is 114 cm³/mol. The topological polar surface area (TPSA) is 75.2 Å². The van der Waals surface area contributed by atoms with Crippen LogP contribution >= 0.6 is 0 Å². The second kappa shape index (κ2) is 8.23. The molecule has 0 spiro atoms. The van der Waals surface area contributed by atoms with Crippen LogP contribution in [-0.2, 0) is 16.2 Å². The van der Waals surface area contributed by atoms with E-state index in [2.05, 4.69) is 14.7 Å². The summed E-state index contributed by atoms with van der Waals surface area (Å²) in [6.45, 7) is 2.59. The summed E-state index contributed by atoms with van der Waals surface area (Å²) in [5.74, 6) is -0.870. The summed E-state index contributed by atoms with van der Waals surface area (Å²) in [6.07, 6.45) is -3.17. The minimum absolute atomic E-state index is 0.0602. The molecule has 0 unspecified atom stereocenters. The Morgan fingerprint density at radius 1 is 1.10 bits per heavy atom. The van der Waals surface area contributed by atoms with E-state index >= 15 is 0 Å². The summed E-state index contributed by atoms with van der Waals surface area (Å²) in [7, 11) is -3.35. The third-order valence-electron chi connectivity index (χ3n) is 5.44. The van der Waals surface area contributed by atoms with Crippen molar-refractivity contribution in [1.82, 2.24) is 14.7 Å². The molecule has 2 aromatic carbocycles. The Hall–Kier alpha value is -2.46. The minimum atomic E-state index is -4.66. The van der Waals surface area contributed by atoms with Crippen molar-refractivity contribution >= 4 is 37.5 Å². The number of alkyl halides is 3. The van der Waals surface area contributed by atoms with E-state index in [0.717, 1.165) is 10.8 Å². The number of anilines is 1. The third kappa shape index (κ3) is 4.59. The Balaban J connectivity index is 1.72. The molecule has 0 atom stereocenters. The van der Waals surface area contributed by atoms with Crippen molar-refractivity contribution in [2.75, 3.05) is 23.7 Å². The van der Waals surface area contributed by atoms with E-state index in [9.17, 15) is 21.6 Å². The second-order valence-electron chi connectivity index (χ2n) is 7.75. The average Bonchev–Trinajstić information content (AvgIpc) is 2.72. The molecule has 0 amide bonds. The highest BCUT2D eigenvalue weighted by Crippen LogP contribution is 2.36. The summed E-state index contributed by atoms with van der Waals surface area (Å²) < 4.78 is 67.2. The lowest BCUT2D eigenvalue weighted by atomic mass is 10.0. The van der Waals surface area contributed by atoms with Crippen LogP contribution in [0.3, 0.4) is 0 Å². The van der Waals surface area contributed by atoms with Crippen molar-refractivity contribution in [1.29, 1.82) is 0 Å². The molecule has 1 saturated heterocycles. The van der Waals surface area contributed by atoms with E-state index in [1.165, 1.54) is 0 Å². The van der Waals surface area contributed by atoms with Crippen molar-refractivity contribution < 1.29 is 21.6 Å². The van der Waals surface area contributed by atoms with Gasteiger partial charge in [0.25, 0.3) is 0 Å². The highest BCUT2D eigenvalue weighted by molar-refractivity contribution is 7.89. The molecule has 0 bridgehead atoms. The van der Waals surface area contributed by atoms with Crippen LogP contribution in [0.15, 0.2) is 36.4 Å². The van der Waals surface area contributed by atoms with E-state index < -0.39 is 22.0 Å². The van der Waals surface area contributed by atoms with Crippen molar-refractivity contribution in [2.24, 2.45) is 0 Å². The number of fused-ring (bicyclic) bond motifs is 3. The predicted octanol–water partition coefficient (Wildman–Crippen LogP) is 4.10. The maximum absolute atomic E-state index is 13.5. The van der Waals surface area contributed by atoms with Crippen LogP contribution < -0.4 is 9.62 Å². The molecule has 0 saturated carbocycles. The van der Waals surface area contributed by atoms with Crippen LogP contribution in [-0.4, -0.2) is 43.3 Å². The number of aromatic nitrogens is 2. The Labute approximate surface area is 178 Å². The Morgan fingerprint density at radius 3 is 2.48 bits per heavy atom. The van der Waals surface area contributed by atoms with Gasteiger partial charge in [0.1, 0.15) is 5.82 Å². The quantitative estimate of drug-likeness (QED) is 0.590. The van der Waals surface area contributed by atoms with Crippen LogP contribution in [0.1, 0.15) is 32.0 Å². The van der Waals surface area contributed by atoms with E-state index in [-0.39, 0.29) is 23.1 Å². The van der Waals surface area contributed by atoms with E-state index in [1.807, 2.05) is 24.3 Å². The van der Waals surface area contributed by atoms with Gasteiger partial charge < -0.3 is 4.90 Å². The molecular weight excluding hydrogens is 429 g/mol. The molecule has 166 valence electrons. The van der Waals surface area contributed by atoms with Crippen molar-refractivity contribution in [2.45, 2.75) is 38.4 Å². The van der Waals surface area contributed by atoms with Crippen LogP contribution in [0.4, 0.5) is 19.0 Å². The fourth-order valence-corrected chi connectivity index (χ4v) is 5.43. The molecule has 1 fully saturated rings. The highest BCUT2D eigenvalue weighted by atomic mass is 32.2. The number of benzene rings is 2. The fraction of sp³-hybridized carbons (Fsp3) is 0.429. The molecule has 6 nitrogen and oxygen atoms in total. The lowest BCUT2D eigenvalue weighted by molar-refractivity contribution is -0.144. The molecule has 1 aliphatic rings. The summed E-state index contributed by atoms with van der Waals surface area (Å²) in [6, 6.07) is 10.5. The zero-order chi connectivity index (χ0) is 22.2. The number of sulfonamides is 1. The number of hydrogen-bond donors (Lipinski definition) is 1. The van der Waals surface area contributed by atoms with Crippen molar-refractivity contribution in [3.63, 3.8) is 0 Å². The minimum Gasteiger partial charge on any atom is -0.356 e. The highest BCUT2D eigenvalue weighted by Gasteiger charge is 2.36. The van der Waals surface area contributed by atoms with Crippen molar-refractivity contribution in [3.05, 3.63) is 42.2 Å². The molecule has 2 heterocycles. The molecule has 1 aromatic heterocycles. The number of hydrogen-bond acceptors (Lipinski definition) is 5. The average molecular weight is 453 g/mol. The number of rotatable bonds is 5. The molecule has 1 aliphatic heterocycles. The van der Waals surface area contributed by atoms with Gasteiger partial charge in [0.15, 0.2) is 0 Å². The molecule has 4 rings (SSSR count). The van der Waals surface area contributed by atoms with Gasteiger partial charge >= 0.3 is 6.18 Å². The Morgan fingerprint density at radius 2 is 1.81 bits per heavy atom. The zero-order valence-electron chi connectivity index (χ0n) is 17.0. The lowest BCUT2D eigenvalue weighted by Gasteiger charge is -2.34. The van der Waals surface area contributed by atoms with Gasteiger partial charge in [-0.1, -0.05) is 37.3 Å². The van der Waals surface area contributed by atoms with Gasteiger partial charge in [-0.3, -0.25) is 0 Å². The number of halogens is 3. The van der Waals surface area contributed by atoms with Gasteiger partial charge in [0.05, 0.1) is 16.7 Å². The number of nitrogens with one attached hydrogen (secondary N) is 1. The first kappa shape index (κ1) is 21.8. The summed E-state index contributed by atoms with van der Waals surface area (Å²) in [4.78, 5) is 9.51. The third-order valence-corrected chi connectivity index (χ3v) is 7.07. The van der Waals surface area contributed by atoms with Gasteiger partial charge in [-0.25, -0.2) is 23.1 Å². The second-order valence-corrected chi connectivity index (χ2v) is 9.62. The Bertz CT molecular complexity index is 1210. The zero-order valence-corrected chi connectivity index (χ0v) is 17.8. The maximum atomic E-state index is 13.5. The van der Waals surface area contributed by atoms with E-state index in [0.29, 0.717) is 37.7 Å². The molecular formula is C21H23F3N4O2S. The van der Waals surface area contributed by atoms with Crippen LogP contribution in [0.25, 0.3) is 21.7 Å². The monoisotopic (exact) mass is 452 g/mol.